The molecule has 3 nitrogen and oxygen atoms in total. The zero-order valence-electron chi connectivity index (χ0n) is 9.18. The third-order valence-corrected chi connectivity index (χ3v) is 5.90. The molecule has 0 aliphatic heterocycles. The van der Waals surface area contributed by atoms with Crippen LogP contribution in [0.3, 0.4) is 0 Å². The van der Waals surface area contributed by atoms with E-state index in [1.807, 2.05) is 11.8 Å². The lowest BCUT2D eigenvalue weighted by Crippen LogP contribution is -2.28. The molecular weight excluding hydrogens is 232 g/mol. The molecule has 0 spiro atoms. The van der Waals surface area contributed by atoms with Gasteiger partial charge < -0.3 is 5.11 Å². The molecule has 2 unspecified atom stereocenters. The molecule has 1 rings (SSSR count). The SMILES string of the molecule is CS(=O)(=O)C1CCCC(SCCCO)C1. The van der Waals surface area contributed by atoms with Crippen LogP contribution in [0.5, 0.6) is 0 Å². The van der Waals surface area contributed by atoms with Crippen molar-refractivity contribution in [1.82, 2.24) is 0 Å². The molecule has 2 atom stereocenters. The lowest BCUT2D eigenvalue weighted by Gasteiger charge is -2.27. The van der Waals surface area contributed by atoms with Gasteiger partial charge in [0.25, 0.3) is 0 Å². The first-order valence-corrected chi connectivity index (χ1v) is 8.45. The lowest BCUT2D eigenvalue weighted by molar-refractivity contribution is 0.296. The van der Waals surface area contributed by atoms with Gasteiger partial charge in [0.15, 0.2) is 0 Å². The van der Waals surface area contributed by atoms with E-state index in [9.17, 15) is 8.42 Å². The summed E-state index contributed by atoms with van der Waals surface area (Å²) in [5, 5.41) is 9.02. The maximum Gasteiger partial charge on any atom is 0.150 e. The molecule has 90 valence electrons. The molecule has 0 saturated heterocycles. The fourth-order valence-electron chi connectivity index (χ4n) is 1.96. The second kappa shape index (κ2) is 6.11. The molecule has 1 aliphatic rings. The van der Waals surface area contributed by atoms with Crippen LogP contribution in [-0.2, 0) is 9.84 Å². The minimum atomic E-state index is -2.85. The second-order valence-corrected chi connectivity index (χ2v) is 7.92. The Morgan fingerprint density at radius 2 is 2.13 bits per heavy atom. The number of aliphatic hydroxyl groups is 1. The van der Waals surface area contributed by atoms with Crippen LogP contribution in [0.1, 0.15) is 32.1 Å². The van der Waals surface area contributed by atoms with Gasteiger partial charge in [0.2, 0.25) is 0 Å². The van der Waals surface area contributed by atoms with E-state index >= 15 is 0 Å². The van der Waals surface area contributed by atoms with Crippen LogP contribution in [0.25, 0.3) is 0 Å². The van der Waals surface area contributed by atoms with Crippen molar-refractivity contribution in [2.45, 2.75) is 42.6 Å². The van der Waals surface area contributed by atoms with Crippen LogP contribution in [0.4, 0.5) is 0 Å². The first-order chi connectivity index (χ1) is 7.04. The van der Waals surface area contributed by atoms with Crippen molar-refractivity contribution in [1.29, 1.82) is 0 Å². The molecule has 1 N–H and O–H groups in total. The quantitative estimate of drug-likeness (QED) is 0.753. The summed E-state index contributed by atoms with van der Waals surface area (Å²) in [5.74, 6) is 0.942. The van der Waals surface area contributed by atoms with Gasteiger partial charge in [-0.1, -0.05) is 6.42 Å². The first-order valence-electron chi connectivity index (χ1n) is 5.45. The third-order valence-electron chi connectivity index (χ3n) is 2.84. The van der Waals surface area contributed by atoms with Crippen LogP contribution < -0.4 is 0 Å². The predicted molar refractivity (Wildman–Crippen MR) is 65.0 cm³/mol. The molecule has 0 radical (unpaired) electrons. The van der Waals surface area contributed by atoms with E-state index in [0.717, 1.165) is 37.9 Å². The minimum Gasteiger partial charge on any atom is -0.396 e. The number of sulfone groups is 1. The summed E-state index contributed by atoms with van der Waals surface area (Å²) in [6, 6.07) is 0. The average Bonchev–Trinajstić information content (AvgIpc) is 2.17. The van der Waals surface area contributed by atoms with Crippen molar-refractivity contribution >= 4 is 21.6 Å². The zero-order valence-corrected chi connectivity index (χ0v) is 10.8. The Kier molecular flexibility index (Phi) is 5.43. The first kappa shape index (κ1) is 13.3. The number of thioether (sulfide) groups is 1. The highest BCUT2D eigenvalue weighted by atomic mass is 32.2. The lowest BCUT2D eigenvalue weighted by atomic mass is 10.00. The highest BCUT2D eigenvalue weighted by molar-refractivity contribution is 8.00. The van der Waals surface area contributed by atoms with Crippen molar-refractivity contribution in [3.05, 3.63) is 0 Å². The maximum absolute atomic E-state index is 11.4. The largest absolute Gasteiger partial charge is 0.396 e. The summed E-state index contributed by atoms with van der Waals surface area (Å²) in [6.07, 6.45) is 5.94. The van der Waals surface area contributed by atoms with E-state index in [0.29, 0.717) is 5.25 Å². The summed E-state index contributed by atoms with van der Waals surface area (Å²) < 4.78 is 22.8. The van der Waals surface area contributed by atoms with Crippen molar-refractivity contribution in [2.24, 2.45) is 0 Å². The fraction of sp³-hybridized carbons (Fsp3) is 1.00. The fourth-order valence-corrected chi connectivity index (χ4v) is 4.59. The van der Waals surface area contributed by atoms with Crippen molar-refractivity contribution in [2.75, 3.05) is 18.6 Å². The van der Waals surface area contributed by atoms with Gasteiger partial charge >= 0.3 is 0 Å². The van der Waals surface area contributed by atoms with Gasteiger partial charge in [-0.25, -0.2) is 8.42 Å². The van der Waals surface area contributed by atoms with Gasteiger partial charge in [0.1, 0.15) is 9.84 Å². The van der Waals surface area contributed by atoms with Crippen LogP contribution in [0.2, 0.25) is 0 Å². The molecule has 15 heavy (non-hydrogen) atoms. The van der Waals surface area contributed by atoms with E-state index in [4.69, 9.17) is 5.11 Å². The Morgan fingerprint density at radius 3 is 2.73 bits per heavy atom. The summed E-state index contributed by atoms with van der Waals surface area (Å²) in [4.78, 5) is 0. The Labute approximate surface area is 96.6 Å². The van der Waals surface area contributed by atoms with E-state index in [1.165, 1.54) is 6.26 Å². The van der Waals surface area contributed by atoms with Crippen LogP contribution in [-0.4, -0.2) is 42.6 Å². The van der Waals surface area contributed by atoms with Crippen molar-refractivity contribution in [3.8, 4) is 0 Å². The normalized spacial score (nSPS) is 27.9. The van der Waals surface area contributed by atoms with Crippen LogP contribution >= 0.6 is 11.8 Å². The minimum absolute atomic E-state index is 0.127. The monoisotopic (exact) mass is 252 g/mol. The molecule has 0 aromatic carbocycles. The number of rotatable bonds is 5. The van der Waals surface area contributed by atoms with Crippen molar-refractivity contribution in [3.63, 3.8) is 0 Å². The zero-order chi connectivity index (χ0) is 11.3. The third kappa shape index (κ3) is 4.74. The molecule has 0 bridgehead atoms. The second-order valence-electron chi connectivity index (χ2n) is 4.19. The topological polar surface area (TPSA) is 54.4 Å². The predicted octanol–water partition coefficient (Wildman–Crippen LogP) is 1.46. The molecule has 0 heterocycles. The average molecular weight is 252 g/mol. The Bertz CT molecular complexity index is 274. The van der Waals surface area contributed by atoms with Crippen molar-refractivity contribution < 1.29 is 13.5 Å². The number of aliphatic hydroxyl groups excluding tert-OH is 1. The van der Waals surface area contributed by atoms with Gasteiger partial charge in [0.05, 0.1) is 5.25 Å². The van der Waals surface area contributed by atoms with Gasteiger partial charge in [-0.15, -0.1) is 0 Å². The summed E-state index contributed by atoms with van der Waals surface area (Å²) in [5.41, 5.74) is 0. The standard InChI is InChI=1S/C10H20O3S2/c1-15(12,13)10-5-2-4-9(8-10)14-7-3-6-11/h9-11H,2-8H2,1H3. The highest BCUT2D eigenvalue weighted by Crippen LogP contribution is 2.31. The molecule has 1 aliphatic carbocycles. The highest BCUT2D eigenvalue weighted by Gasteiger charge is 2.28. The summed E-state index contributed by atoms with van der Waals surface area (Å²) >= 11 is 1.82. The van der Waals surface area contributed by atoms with Gasteiger partial charge in [0, 0.05) is 18.1 Å². The van der Waals surface area contributed by atoms with E-state index in [-0.39, 0.29) is 11.9 Å². The number of hydrogen-bond acceptors (Lipinski definition) is 4. The van der Waals surface area contributed by atoms with E-state index in [1.54, 1.807) is 0 Å². The molecule has 0 aromatic heterocycles. The maximum atomic E-state index is 11.4. The van der Waals surface area contributed by atoms with Gasteiger partial charge in [-0.3, -0.25) is 0 Å². The molecule has 0 amide bonds. The molecular formula is C10H20O3S2. The smallest absolute Gasteiger partial charge is 0.150 e. The molecule has 1 fully saturated rings. The van der Waals surface area contributed by atoms with Crippen LogP contribution in [0, 0.1) is 0 Å². The van der Waals surface area contributed by atoms with Gasteiger partial charge in [-0.05, 0) is 31.4 Å². The Morgan fingerprint density at radius 1 is 1.40 bits per heavy atom. The molecule has 1 saturated carbocycles. The number of hydrogen-bond donors (Lipinski definition) is 1. The van der Waals surface area contributed by atoms with E-state index < -0.39 is 9.84 Å². The van der Waals surface area contributed by atoms with Gasteiger partial charge in [-0.2, -0.15) is 11.8 Å². The van der Waals surface area contributed by atoms with Crippen LogP contribution in [0.15, 0.2) is 0 Å². The molecule has 0 aromatic rings. The summed E-state index contributed by atoms with van der Waals surface area (Å²) in [7, 11) is -2.85. The molecule has 5 heteroatoms. The van der Waals surface area contributed by atoms with E-state index in [2.05, 4.69) is 0 Å². The Hall–Kier alpha value is 0.260. The Balaban J connectivity index is 2.36. The summed E-state index contributed by atoms with van der Waals surface area (Å²) in [6.45, 7) is 0.231.